The highest BCUT2D eigenvalue weighted by atomic mass is 35.5. The average Bonchev–Trinajstić information content (AvgIpc) is 2.79. The average molecular weight is 274 g/mol. The Morgan fingerprint density at radius 1 is 1.24 bits per heavy atom. The summed E-state index contributed by atoms with van der Waals surface area (Å²) in [5.74, 6) is 0.725. The van der Waals surface area contributed by atoms with Crippen LogP contribution in [0.25, 0.3) is 0 Å². The lowest BCUT2D eigenvalue weighted by Crippen LogP contribution is -2.26. The van der Waals surface area contributed by atoms with Gasteiger partial charge in [0, 0.05) is 6.54 Å². The van der Waals surface area contributed by atoms with Crippen LogP contribution >= 0.6 is 23.2 Å². The minimum absolute atomic E-state index is 0.608. The highest BCUT2D eigenvalue weighted by Gasteiger charge is 2.11. The zero-order chi connectivity index (χ0) is 12.8. The molecule has 1 aliphatic heterocycles. The smallest absolute Gasteiger partial charge is 0.196 e. The van der Waals surface area contributed by atoms with Gasteiger partial charge >= 0.3 is 0 Å². The van der Waals surface area contributed by atoms with Crippen molar-refractivity contribution in [2.24, 2.45) is 4.99 Å². The van der Waals surface area contributed by atoms with Crippen LogP contribution < -0.4 is 10.6 Å². The number of hydrogen-bond acceptors (Lipinski definition) is 3. The van der Waals surface area contributed by atoms with Crippen molar-refractivity contribution in [3.63, 3.8) is 0 Å². The van der Waals surface area contributed by atoms with Gasteiger partial charge in [-0.15, -0.1) is 0 Å². The molecule has 0 fully saturated rings. The largest absolute Gasteiger partial charge is 0.354 e. The van der Waals surface area contributed by atoms with Crippen LogP contribution in [0.2, 0.25) is 10.0 Å². The van der Waals surface area contributed by atoms with Crippen molar-refractivity contribution in [3.05, 3.63) is 27.7 Å². The van der Waals surface area contributed by atoms with E-state index in [0.29, 0.717) is 15.7 Å². The van der Waals surface area contributed by atoms with E-state index >= 15 is 0 Å². The molecule has 0 aromatic heterocycles. The molecule has 5 heteroatoms. The van der Waals surface area contributed by atoms with Crippen LogP contribution in [0.4, 0.5) is 5.69 Å². The molecule has 1 aromatic rings. The second-order valence-corrected chi connectivity index (χ2v) is 4.20. The summed E-state index contributed by atoms with van der Waals surface area (Å²) in [5, 5.41) is 7.39. The fourth-order valence-electron chi connectivity index (χ4n) is 1.42. The zero-order valence-corrected chi connectivity index (χ0v) is 11.8. The predicted octanol–water partition coefficient (Wildman–Crippen LogP) is 3.70. The summed E-state index contributed by atoms with van der Waals surface area (Å²) in [6.07, 6.45) is 0. The molecule has 2 rings (SSSR count). The highest BCUT2D eigenvalue weighted by Crippen LogP contribution is 2.31. The summed E-state index contributed by atoms with van der Waals surface area (Å²) in [4.78, 5) is 4.21. The fourth-order valence-corrected chi connectivity index (χ4v) is 2.11. The van der Waals surface area contributed by atoms with Gasteiger partial charge in [-0.2, -0.15) is 0 Å². The van der Waals surface area contributed by atoms with Crippen molar-refractivity contribution in [1.29, 1.82) is 0 Å². The molecule has 94 valence electrons. The molecule has 0 atom stereocenters. The van der Waals surface area contributed by atoms with Gasteiger partial charge in [0.1, 0.15) is 0 Å². The lowest BCUT2D eigenvalue weighted by molar-refractivity contribution is 0.959. The maximum atomic E-state index is 6.08. The van der Waals surface area contributed by atoms with E-state index in [4.69, 9.17) is 23.2 Å². The van der Waals surface area contributed by atoms with Gasteiger partial charge in [-0.25, -0.2) is 0 Å². The molecule has 0 unspecified atom stereocenters. The molecule has 1 aromatic carbocycles. The van der Waals surface area contributed by atoms with E-state index in [1.165, 1.54) is 0 Å². The summed E-state index contributed by atoms with van der Waals surface area (Å²) in [7, 11) is 0. The molecule has 0 saturated carbocycles. The molecular formula is C12H17Cl2N3. The van der Waals surface area contributed by atoms with Gasteiger partial charge in [0.25, 0.3) is 0 Å². The second kappa shape index (κ2) is 6.72. The minimum atomic E-state index is 0.608. The molecule has 1 heterocycles. The van der Waals surface area contributed by atoms with Crippen LogP contribution in [0.1, 0.15) is 19.4 Å². The zero-order valence-electron chi connectivity index (χ0n) is 10.3. The monoisotopic (exact) mass is 273 g/mol. The maximum absolute atomic E-state index is 6.08. The topological polar surface area (TPSA) is 36.4 Å². The Hall–Kier alpha value is -0.930. The van der Waals surface area contributed by atoms with Gasteiger partial charge in [0.15, 0.2) is 5.96 Å². The summed E-state index contributed by atoms with van der Waals surface area (Å²) >= 11 is 12.2. The van der Waals surface area contributed by atoms with E-state index in [1.54, 1.807) is 0 Å². The molecule has 2 N–H and O–H groups in total. The Kier molecular flexibility index (Phi) is 5.59. The first kappa shape index (κ1) is 14.1. The van der Waals surface area contributed by atoms with Crippen LogP contribution in [0.5, 0.6) is 0 Å². The van der Waals surface area contributed by atoms with Gasteiger partial charge < -0.3 is 10.6 Å². The van der Waals surface area contributed by atoms with Gasteiger partial charge in [-0.3, -0.25) is 4.99 Å². The van der Waals surface area contributed by atoms with Crippen molar-refractivity contribution in [2.75, 3.05) is 18.4 Å². The van der Waals surface area contributed by atoms with Crippen LogP contribution in [0.15, 0.2) is 17.1 Å². The second-order valence-electron chi connectivity index (χ2n) is 3.39. The van der Waals surface area contributed by atoms with Gasteiger partial charge in [0.05, 0.1) is 22.3 Å². The van der Waals surface area contributed by atoms with Crippen LogP contribution in [0.3, 0.4) is 0 Å². The number of nitrogens with zero attached hydrogens (tertiary/aromatic N) is 1. The summed E-state index contributed by atoms with van der Waals surface area (Å²) < 4.78 is 0. The predicted molar refractivity (Wildman–Crippen MR) is 76.5 cm³/mol. The normalized spacial score (nSPS) is 13.4. The number of halogens is 2. The summed E-state index contributed by atoms with van der Waals surface area (Å²) in [6, 6.07) is 3.73. The first-order chi connectivity index (χ1) is 8.16. The third-order valence-corrected chi connectivity index (χ3v) is 2.70. The van der Waals surface area contributed by atoms with E-state index in [1.807, 2.05) is 32.9 Å². The van der Waals surface area contributed by atoms with Crippen LogP contribution in [-0.2, 0) is 0 Å². The molecular weight excluding hydrogens is 257 g/mol. The fraction of sp³-hybridized carbons (Fsp3) is 0.417. The third kappa shape index (κ3) is 3.79. The number of benzene rings is 1. The van der Waals surface area contributed by atoms with Crippen LogP contribution in [-0.4, -0.2) is 19.0 Å². The maximum Gasteiger partial charge on any atom is 0.196 e. The van der Waals surface area contributed by atoms with E-state index in [0.717, 1.165) is 24.6 Å². The molecule has 0 bridgehead atoms. The SMILES string of the molecule is CC.Cc1cc(Cl)c(NC2=NCCN2)c(Cl)c1. The van der Waals surface area contributed by atoms with E-state index in [2.05, 4.69) is 15.6 Å². The van der Waals surface area contributed by atoms with Crippen molar-refractivity contribution in [1.82, 2.24) is 5.32 Å². The van der Waals surface area contributed by atoms with Crippen molar-refractivity contribution in [2.45, 2.75) is 20.8 Å². The molecule has 0 aliphatic carbocycles. The van der Waals surface area contributed by atoms with Crippen molar-refractivity contribution < 1.29 is 0 Å². The van der Waals surface area contributed by atoms with Gasteiger partial charge in [-0.1, -0.05) is 37.0 Å². The molecule has 0 spiro atoms. The highest BCUT2D eigenvalue weighted by molar-refractivity contribution is 6.39. The van der Waals surface area contributed by atoms with Crippen molar-refractivity contribution in [3.8, 4) is 0 Å². The Bertz CT molecular complexity index is 393. The molecule has 0 amide bonds. The minimum Gasteiger partial charge on any atom is -0.354 e. The van der Waals surface area contributed by atoms with E-state index in [9.17, 15) is 0 Å². The lowest BCUT2D eigenvalue weighted by atomic mass is 10.2. The van der Waals surface area contributed by atoms with Crippen molar-refractivity contribution >= 4 is 34.8 Å². The Labute approximate surface area is 112 Å². The van der Waals surface area contributed by atoms with Crippen LogP contribution in [0, 0.1) is 6.92 Å². The molecule has 0 saturated heterocycles. The Morgan fingerprint density at radius 3 is 2.29 bits per heavy atom. The number of anilines is 1. The molecule has 3 nitrogen and oxygen atoms in total. The number of guanidine groups is 1. The first-order valence-corrected chi connectivity index (χ1v) is 6.43. The van der Waals surface area contributed by atoms with E-state index < -0.39 is 0 Å². The number of hydrogen-bond donors (Lipinski definition) is 2. The summed E-state index contributed by atoms with van der Waals surface area (Å²) in [6.45, 7) is 7.58. The summed E-state index contributed by atoms with van der Waals surface area (Å²) in [5.41, 5.74) is 1.74. The molecule has 0 radical (unpaired) electrons. The first-order valence-electron chi connectivity index (χ1n) is 5.68. The third-order valence-electron chi connectivity index (χ3n) is 2.10. The molecule has 1 aliphatic rings. The van der Waals surface area contributed by atoms with E-state index in [-0.39, 0.29) is 0 Å². The Balaban J connectivity index is 0.000000686. The van der Waals surface area contributed by atoms with Gasteiger partial charge in [0.2, 0.25) is 0 Å². The number of rotatable bonds is 1. The van der Waals surface area contributed by atoms with Gasteiger partial charge in [-0.05, 0) is 24.6 Å². The number of nitrogens with one attached hydrogen (secondary N) is 2. The lowest BCUT2D eigenvalue weighted by Gasteiger charge is -2.11. The number of aryl methyl sites for hydroxylation is 1. The number of aliphatic imine (C=N–C) groups is 1. The Morgan fingerprint density at radius 2 is 1.82 bits per heavy atom. The standard InChI is InChI=1S/C10H11Cl2N3.C2H6/c1-6-4-7(11)9(8(12)5-6)15-10-13-2-3-14-10;1-2/h4-5H,2-3H2,1H3,(H2,13,14,15);1-2H3. The molecule has 17 heavy (non-hydrogen) atoms. The quantitative estimate of drug-likeness (QED) is 0.819.